The minimum Gasteiger partial charge on any atom is -0.237 e. The predicted molar refractivity (Wildman–Crippen MR) is 75.8 cm³/mol. The second-order valence-electron chi connectivity index (χ2n) is 3.69. The van der Waals surface area contributed by atoms with Gasteiger partial charge in [0, 0.05) is 17.3 Å². The van der Waals surface area contributed by atoms with Gasteiger partial charge in [0.05, 0.1) is 5.69 Å². The molecule has 0 N–H and O–H groups in total. The van der Waals surface area contributed by atoms with Crippen molar-refractivity contribution in [1.29, 1.82) is 0 Å². The Kier molecular flexibility index (Phi) is 3.82. The maximum atomic E-state index is 4.53. The summed E-state index contributed by atoms with van der Waals surface area (Å²) in [6.45, 7) is 7.44. The van der Waals surface area contributed by atoms with E-state index in [-0.39, 0.29) is 0 Å². The van der Waals surface area contributed by atoms with Gasteiger partial charge in [-0.1, -0.05) is 61.7 Å². The van der Waals surface area contributed by atoms with Gasteiger partial charge in [-0.2, -0.15) is 0 Å². The van der Waals surface area contributed by atoms with E-state index in [1.807, 2.05) is 42.5 Å². The SMILES string of the molecule is C=C/C=C(\C=C)c1nccc(-c2ccccc2)n1. The van der Waals surface area contributed by atoms with E-state index < -0.39 is 0 Å². The van der Waals surface area contributed by atoms with Crippen molar-refractivity contribution in [2.45, 2.75) is 0 Å². The van der Waals surface area contributed by atoms with Gasteiger partial charge in [-0.3, -0.25) is 0 Å². The van der Waals surface area contributed by atoms with E-state index in [1.54, 1.807) is 18.3 Å². The minimum absolute atomic E-state index is 0.659. The van der Waals surface area contributed by atoms with Crippen molar-refractivity contribution in [2.75, 3.05) is 0 Å². The number of rotatable bonds is 4. The molecule has 0 saturated carbocycles. The molecular weight excluding hydrogens is 220 g/mol. The Bertz CT molecular complexity index is 583. The largest absolute Gasteiger partial charge is 0.237 e. The fourth-order valence-electron chi connectivity index (χ4n) is 1.63. The Hall–Kier alpha value is -2.48. The Morgan fingerprint density at radius 3 is 2.50 bits per heavy atom. The second kappa shape index (κ2) is 5.73. The first-order chi connectivity index (χ1) is 8.85. The zero-order valence-corrected chi connectivity index (χ0v) is 10.1. The van der Waals surface area contributed by atoms with Crippen molar-refractivity contribution in [3.8, 4) is 11.3 Å². The van der Waals surface area contributed by atoms with E-state index in [0.717, 1.165) is 16.8 Å². The fourth-order valence-corrected chi connectivity index (χ4v) is 1.63. The third-order valence-electron chi connectivity index (χ3n) is 2.50. The maximum Gasteiger partial charge on any atom is 0.159 e. The first-order valence-corrected chi connectivity index (χ1v) is 5.69. The van der Waals surface area contributed by atoms with Crippen molar-refractivity contribution in [3.63, 3.8) is 0 Å². The molecule has 2 heteroatoms. The third kappa shape index (κ3) is 2.61. The van der Waals surface area contributed by atoms with Gasteiger partial charge in [0.25, 0.3) is 0 Å². The average molecular weight is 234 g/mol. The normalized spacial score (nSPS) is 11.0. The predicted octanol–water partition coefficient (Wildman–Crippen LogP) is 3.90. The monoisotopic (exact) mass is 234 g/mol. The quantitative estimate of drug-likeness (QED) is 0.750. The molecule has 1 aromatic carbocycles. The van der Waals surface area contributed by atoms with Crippen LogP contribution in [0, 0.1) is 0 Å². The van der Waals surface area contributed by atoms with Crippen LogP contribution in [0.15, 0.2) is 74.0 Å². The molecule has 0 radical (unpaired) electrons. The molecule has 18 heavy (non-hydrogen) atoms. The Balaban J connectivity index is 2.45. The molecule has 2 rings (SSSR count). The summed E-state index contributed by atoms with van der Waals surface area (Å²) in [6, 6.07) is 11.9. The van der Waals surface area contributed by atoms with E-state index in [0.29, 0.717) is 5.82 Å². The lowest BCUT2D eigenvalue weighted by Gasteiger charge is -2.04. The van der Waals surface area contributed by atoms with Crippen molar-refractivity contribution in [3.05, 3.63) is 79.8 Å². The van der Waals surface area contributed by atoms with Crippen LogP contribution >= 0.6 is 0 Å². The average Bonchev–Trinajstić information content (AvgIpc) is 2.46. The van der Waals surface area contributed by atoms with Gasteiger partial charge in [-0.15, -0.1) is 0 Å². The van der Waals surface area contributed by atoms with Gasteiger partial charge in [0.15, 0.2) is 5.82 Å². The van der Waals surface area contributed by atoms with Gasteiger partial charge < -0.3 is 0 Å². The molecule has 0 bridgehead atoms. The molecule has 0 saturated heterocycles. The van der Waals surface area contributed by atoms with Gasteiger partial charge in [0.1, 0.15) is 0 Å². The lowest BCUT2D eigenvalue weighted by Crippen LogP contribution is -1.94. The molecular formula is C16H14N2. The zero-order valence-electron chi connectivity index (χ0n) is 10.1. The maximum absolute atomic E-state index is 4.53. The summed E-state index contributed by atoms with van der Waals surface area (Å²) in [5.41, 5.74) is 2.84. The smallest absolute Gasteiger partial charge is 0.159 e. The summed E-state index contributed by atoms with van der Waals surface area (Å²) >= 11 is 0. The molecule has 0 fully saturated rings. The zero-order chi connectivity index (χ0) is 12.8. The molecule has 0 atom stereocenters. The molecule has 0 aliphatic carbocycles. The molecule has 0 spiro atoms. The van der Waals surface area contributed by atoms with Crippen LogP contribution in [0.3, 0.4) is 0 Å². The number of aromatic nitrogens is 2. The number of hydrogen-bond acceptors (Lipinski definition) is 2. The van der Waals surface area contributed by atoms with Crippen LogP contribution in [0.25, 0.3) is 16.8 Å². The number of nitrogens with zero attached hydrogens (tertiary/aromatic N) is 2. The van der Waals surface area contributed by atoms with Gasteiger partial charge >= 0.3 is 0 Å². The molecule has 0 aliphatic heterocycles. The molecule has 2 nitrogen and oxygen atoms in total. The molecule has 0 amide bonds. The highest BCUT2D eigenvalue weighted by Gasteiger charge is 2.03. The number of hydrogen-bond donors (Lipinski definition) is 0. The van der Waals surface area contributed by atoms with Crippen molar-refractivity contribution in [2.24, 2.45) is 0 Å². The van der Waals surface area contributed by atoms with Gasteiger partial charge in [-0.05, 0) is 6.07 Å². The van der Waals surface area contributed by atoms with Gasteiger partial charge in [-0.25, -0.2) is 9.97 Å². The van der Waals surface area contributed by atoms with Crippen LogP contribution in [-0.2, 0) is 0 Å². The number of allylic oxidation sites excluding steroid dienone is 4. The second-order valence-corrected chi connectivity index (χ2v) is 3.69. The van der Waals surface area contributed by atoms with Crippen LogP contribution in [0.4, 0.5) is 0 Å². The first kappa shape index (κ1) is 12.0. The third-order valence-corrected chi connectivity index (χ3v) is 2.50. The van der Waals surface area contributed by atoms with Crippen LogP contribution in [0.5, 0.6) is 0 Å². The molecule has 0 aliphatic rings. The summed E-state index contributed by atoms with van der Waals surface area (Å²) < 4.78 is 0. The highest BCUT2D eigenvalue weighted by atomic mass is 14.9. The van der Waals surface area contributed by atoms with E-state index in [2.05, 4.69) is 23.1 Å². The molecule has 1 heterocycles. The summed E-state index contributed by atoms with van der Waals surface area (Å²) in [4.78, 5) is 8.79. The van der Waals surface area contributed by atoms with Crippen molar-refractivity contribution >= 4 is 5.57 Å². The Morgan fingerprint density at radius 2 is 1.83 bits per heavy atom. The highest BCUT2D eigenvalue weighted by Crippen LogP contribution is 2.18. The van der Waals surface area contributed by atoms with Crippen LogP contribution in [-0.4, -0.2) is 9.97 Å². The molecule has 2 aromatic rings. The van der Waals surface area contributed by atoms with Crippen molar-refractivity contribution < 1.29 is 0 Å². The van der Waals surface area contributed by atoms with E-state index in [4.69, 9.17) is 0 Å². The summed E-state index contributed by atoms with van der Waals surface area (Å²) in [5.74, 6) is 0.659. The number of benzene rings is 1. The Labute approximate surface area is 107 Å². The summed E-state index contributed by atoms with van der Waals surface area (Å²) in [6.07, 6.45) is 7.03. The Morgan fingerprint density at radius 1 is 1.06 bits per heavy atom. The molecule has 0 unspecified atom stereocenters. The summed E-state index contributed by atoms with van der Waals surface area (Å²) in [5, 5.41) is 0. The molecule has 1 aromatic heterocycles. The van der Waals surface area contributed by atoms with Crippen LogP contribution in [0.1, 0.15) is 5.82 Å². The standard InChI is InChI=1S/C16H14N2/c1-3-8-13(4-2)16-17-12-11-15(18-16)14-9-6-5-7-10-14/h3-12H,1-2H2/b13-8+. The minimum atomic E-state index is 0.659. The van der Waals surface area contributed by atoms with E-state index in [1.165, 1.54) is 0 Å². The first-order valence-electron chi connectivity index (χ1n) is 5.69. The van der Waals surface area contributed by atoms with Crippen LogP contribution in [0.2, 0.25) is 0 Å². The highest BCUT2D eigenvalue weighted by molar-refractivity contribution is 5.71. The fraction of sp³-hybridized carbons (Fsp3) is 0. The summed E-state index contributed by atoms with van der Waals surface area (Å²) in [7, 11) is 0. The lowest BCUT2D eigenvalue weighted by atomic mass is 10.1. The van der Waals surface area contributed by atoms with Crippen molar-refractivity contribution in [1.82, 2.24) is 9.97 Å². The lowest BCUT2D eigenvalue weighted by molar-refractivity contribution is 1.13. The topological polar surface area (TPSA) is 25.8 Å². The van der Waals surface area contributed by atoms with Crippen LogP contribution < -0.4 is 0 Å². The van der Waals surface area contributed by atoms with E-state index >= 15 is 0 Å². The van der Waals surface area contributed by atoms with E-state index in [9.17, 15) is 0 Å². The van der Waals surface area contributed by atoms with Gasteiger partial charge in [0.2, 0.25) is 0 Å². The molecule has 88 valence electrons.